The molecule has 2 aliphatic rings. The number of ether oxygens (including phenoxy) is 1. The van der Waals surface area contributed by atoms with Crippen molar-refractivity contribution in [3.05, 3.63) is 41.5 Å². The maximum atomic E-state index is 14.5. The number of nitrogens with one attached hydrogen (secondary N) is 1. The molecule has 0 aliphatic carbocycles. The number of nitrogen functional groups attached to an aromatic ring is 1. The minimum absolute atomic E-state index is 0.0541. The fourth-order valence-electron chi connectivity index (χ4n) is 3.98. The molecule has 11 heteroatoms. The molecule has 9 nitrogen and oxygen atoms in total. The first kappa shape index (κ1) is 18.5. The molecule has 0 spiro atoms. The number of hydrogen-bond acceptors (Lipinski definition) is 7. The Hall–Kier alpha value is -3.50. The number of halogens is 2. The molecule has 0 aromatic carbocycles. The number of rotatable bonds is 0. The third-order valence-electron chi connectivity index (χ3n) is 5.32. The van der Waals surface area contributed by atoms with E-state index in [2.05, 4.69) is 20.4 Å². The zero-order valence-corrected chi connectivity index (χ0v) is 15.9. The van der Waals surface area contributed by atoms with Crippen LogP contribution in [0.1, 0.15) is 34.8 Å². The Kier molecular flexibility index (Phi) is 4.37. The highest BCUT2D eigenvalue weighted by atomic mass is 19.1. The predicted molar refractivity (Wildman–Crippen MR) is 104 cm³/mol. The molecule has 0 unspecified atom stereocenters. The molecule has 1 saturated heterocycles. The SMILES string of the molecule is Nc1nn2ccc3nc2c1C(=O)NCCCOc1ncc(F)cc1[C@H]1C[C@H](F)CN31. The molecule has 3 N–H and O–H groups in total. The van der Waals surface area contributed by atoms with Crippen molar-refractivity contribution >= 4 is 23.2 Å². The number of pyridine rings is 1. The third-order valence-corrected chi connectivity index (χ3v) is 5.32. The number of fused-ring (bicyclic) bond motifs is 5. The van der Waals surface area contributed by atoms with Crippen molar-refractivity contribution < 1.29 is 18.3 Å². The average Bonchev–Trinajstić information content (AvgIpc) is 3.26. The molecule has 2 atom stereocenters. The van der Waals surface area contributed by atoms with Gasteiger partial charge >= 0.3 is 0 Å². The van der Waals surface area contributed by atoms with Crippen molar-refractivity contribution in [1.29, 1.82) is 0 Å². The molecule has 5 rings (SSSR count). The van der Waals surface area contributed by atoms with E-state index in [9.17, 15) is 13.6 Å². The zero-order valence-electron chi connectivity index (χ0n) is 15.9. The summed E-state index contributed by atoms with van der Waals surface area (Å²) in [6.45, 7) is 0.642. The van der Waals surface area contributed by atoms with Crippen LogP contribution in [0.15, 0.2) is 24.5 Å². The minimum atomic E-state index is -1.14. The van der Waals surface area contributed by atoms with Crippen LogP contribution in [0.2, 0.25) is 0 Å². The van der Waals surface area contributed by atoms with Gasteiger partial charge in [0.2, 0.25) is 5.88 Å². The Balaban J connectivity index is 1.68. The first-order valence-electron chi connectivity index (χ1n) is 9.63. The zero-order chi connectivity index (χ0) is 20.8. The second-order valence-corrected chi connectivity index (χ2v) is 7.32. The molecular weight excluding hydrogens is 396 g/mol. The second kappa shape index (κ2) is 7.08. The predicted octanol–water partition coefficient (Wildman–Crippen LogP) is 1.65. The van der Waals surface area contributed by atoms with Gasteiger partial charge in [0.1, 0.15) is 23.4 Å². The second-order valence-electron chi connectivity index (χ2n) is 7.32. The lowest BCUT2D eigenvalue weighted by molar-refractivity contribution is 0.0953. The normalized spacial score (nSPS) is 21.7. The molecule has 5 heterocycles. The van der Waals surface area contributed by atoms with Gasteiger partial charge in [-0.15, -0.1) is 5.10 Å². The van der Waals surface area contributed by atoms with Gasteiger partial charge < -0.3 is 20.7 Å². The van der Waals surface area contributed by atoms with Crippen LogP contribution in [0.3, 0.4) is 0 Å². The number of nitrogens with two attached hydrogens (primary N) is 1. The summed E-state index contributed by atoms with van der Waals surface area (Å²) in [6, 6.07) is 2.46. The van der Waals surface area contributed by atoms with E-state index in [1.54, 1.807) is 17.2 Å². The lowest BCUT2D eigenvalue weighted by Gasteiger charge is -2.27. The van der Waals surface area contributed by atoms with Gasteiger partial charge in [-0.25, -0.2) is 23.3 Å². The van der Waals surface area contributed by atoms with Crippen molar-refractivity contribution in [3.8, 4) is 5.88 Å². The molecular formula is C19H19F2N7O2. The molecule has 3 aromatic heterocycles. The van der Waals surface area contributed by atoms with E-state index in [1.807, 2.05) is 0 Å². The number of hydrogen-bond donors (Lipinski definition) is 2. The quantitative estimate of drug-likeness (QED) is 0.574. The lowest BCUT2D eigenvalue weighted by Crippen LogP contribution is -2.28. The van der Waals surface area contributed by atoms with Crippen molar-refractivity contribution in [1.82, 2.24) is 24.9 Å². The van der Waals surface area contributed by atoms with Crippen LogP contribution < -0.4 is 20.7 Å². The number of carbonyl (C=O) groups excluding carboxylic acids is 1. The molecule has 156 valence electrons. The average molecular weight is 415 g/mol. The highest BCUT2D eigenvalue weighted by Crippen LogP contribution is 2.40. The van der Waals surface area contributed by atoms with Crippen molar-refractivity contribution in [2.75, 3.05) is 30.3 Å². The van der Waals surface area contributed by atoms with Crippen LogP contribution in [0, 0.1) is 5.82 Å². The van der Waals surface area contributed by atoms with E-state index in [0.717, 1.165) is 6.20 Å². The maximum absolute atomic E-state index is 14.5. The number of nitrogens with zero attached hydrogens (tertiary/aromatic N) is 5. The smallest absolute Gasteiger partial charge is 0.258 e. The summed E-state index contributed by atoms with van der Waals surface area (Å²) in [6.07, 6.45) is 2.17. The summed E-state index contributed by atoms with van der Waals surface area (Å²) >= 11 is 0. The Morgan fingerprint density at radius 2 is 2.23 bits per heavy atom. The molecule has 2 aliphatic heterocycles. The Morgan fingerprint density at radius 3 is 3.10 bits per heavy atom. The van der Waals surface area contributed by atoms with Gasteiger partial charge in [0.15, 0.2) is 11.5 Å². The molecule has 0 radical (unpaired) electrons. The van der Waals surface area contributed by atoms with Crippen LogP contribution in [0.25, 0.3) is 5.65 Å². The number of aromatic nitrogens is 4. The van der Waals surface area contributed by atoms with Crippen LogP contribution in [-0.4, -0.2) is 51.4 Å². The fourth-order valence-corrected chi connectivity index (χ4v) is 3.98. The van der Waals surface area contributed by atoms with Crippen LogP contribution >= 0.6 is 0 Å². The van der Waals surface area contributed by atoms with Crippen LogP contribution in [-0.2, 0) is 0 Å². The monoisotopic (exact) mass is 415 g/mol. The summed E-state index contributed by atoms with van der Waals surface area (Å²) in [5.74, 6) is -0.194. The number of amides is 1. The minimum Gasteiger partial charge on any atom is -0.477 e. The molecule has 1 fully saturated rings. The number of carbonyl (C=O) groups is 1. The van der Waals surface area contributed by atoms with Gasteiger partial charge in [-0.05, 0) is 18.6 Å². The van der Waals surface area contributed by atoms with Crippen LogP contribution in [0.4, 0.5) is 20.4 Å². The lowest BCUT2D eigenvalue weighted by atomic mass is 10.1. The third kappa shape index (κ3) is 3.06. The Morgan fingerprint density at radius 1 is 1.37 bits per heavy atom. The van der Waals surface area contributed by atoms with Crippen molar-refractivity contribution in [2.24, 2.45) is 0 Å². The van der Waals surface area contributed by atoms with Gasteiger partial charge in [-0.1, -0.05) is 0 Å². The molecule has 2 bridgehead atoms. The Labute approximate surface area is 169 Å². The van der Waals surface area contributed by atoms with Gasteiger partial charge in [-0.3, -0.25) is 4.79 Å². The molecule has 0 saturated carbocycles. The van der Waals surface area contributed by atoms with Gasteiger partial charge in [0, 0.05) is 24.7 Å². The van der Waals surface area contributed by atoms with E-state index in [4.69, 9.17) is 10.5 Å². The summed E-state index contributed by atoms with van der Waals surface area (Å²) in [5.41, 5.74) is 6.85. The summed E-state index contributed by atoms with van der Waals surface area (Å²) in [5, 5.41) is 6.91. The standard InChI is InChI=1S/C19H19F2N7O2/c20-10-6-12-13-7-11(21)9-27(13)14-2-4-28-17(25-14)15(16(22)26-28)18(29)23-3-1-5-30-19(12)24-8-10/h2,4,6,8,11,13H,1,3,5,7,9H2,(H2,22,26)(H,23,29)/t11-,13+/m0/s1. The summed E-state index contributed by atoms with van der Waals surface area (Å²) in [7, 11) is 0. The molecule has 30 heavy (non-hydrogen) atoms. The van der Waals surface area contributed by atoms with Gasteiger partial charge in [-0.2, -0.15) is 0 Å². The van der Waals surface area contributed by atoms with E-state index >= 15 is 0 Å². The fraction of sp³-hybridized carbons (Fsp3) is 0.368. The van der Waals surface area contributed by atoms with Crippen molar-refractivity contribution in [2.45, 2.75) is 25.1 Å². The number of alkyl halides is 1. The van der Waals surface area contributed by atoms with E-state index < -0.39 is 23.9 Å². The number of anilines is 2. The topological polar surface area (TPSA) is 111 Å². The van der Waals surface area contributed by atoms with Crippen molar-refractivity contribution in [3.63, 3.8) is 0 Å². The first-order chi connectivity index (χ1) is 14.5. The largest absolute Gasteiger partial charge is 0.477 e. The molecule has 3 aromatic rings. The van der Waals surface area contributed by atoms with Gasteiger partial charge in [0.05, 0.1) is 25.4 Å². The Bertz CT molecular complexity index is 1140. The van der Waals surface area contributed by atoms with E-state index in [-0.39, 0.29) is 42.5 Å². The highest BCUT2D eigenvalue weighted by molar-refractivity contribution is 6.04. The molecule has 1 amide bonds. The van der Waals surface area contributed by atoms with E-state index in [0.29, 0.717) is 24.3 Å². The van der Waals surface area contributed by atoms with Crippen LogP contribution in [0.5, 0.6) is 5.88 Å². The maximum Gasteiger partial charge on any atom is 0.258 e. The van der Waals surface area contributed by atoms with Gasteiger partial charge in [0.25, 0.3) is 5.91 Å². The summed E-state index contributed by atoms with van der Waals surface area (Å²) < 4.78 is 35.7. The van der Waals surface area contributed by atoms with E-state index in [1.165, 1.54) is 10.6 Å². The summed E-state index contributed by atoms with van der Waals surface area (Å²) in [4.78, 5) is 23.0. The highest BCUT2D eigenvalue weighted by Gasteiger charge is 2.37. The first-order valence-corrected chi connectivity index (χ1v) is 9.63.